The average molecular weight is 372 g/mol. The highest BCUT2D eigenvalue weighted by Gasteiger charge is 2.15. The molecule has 1 heterocycles. The molecule has 0 aliphatic heterocycles. The Hall–Kier alpha value is -3.33. The van der Waals surface area contributed by atoms with Crippen LogP contribution >= 0.6 is 0 Å². The molecule has 0 spiro atoms. The number of hydrogen-bond acceptors (Lipinski definition) is 5. The van der Waals surface area contributed by atoms with Gasteiger partial charge in [-0.2, -0.15) is 0 Å². The molecule has 0 bridgehead atoms. The highest BCUT2D eigenvalue weighted by molar-refractivity contribution is 7.92. The van der Waals surface area contributed by atoms with Crippen LogP contribution in [-0.2, 0) is 10.0 Å². The number of sulfonamides is 1. The molecule has 1 amide bonds. The maximum atomic E-state index is 12.9. The molecule has 0 saturated heterocycles. The largest absolute Gasteiger partial charge is 0.322 e. The van der Waals surface area contributed by atoms with Crippen molar-refractivity contribution in [2.75, 3.05) is 10.0 Å². The molecule has 7 nitrogen and oxygen atoms in total. The van der Waals surface area contributed by atoms with Crippen LogP contribution in [-0.4, -0.2) is 24.3 Å². The van der Waals surface area contributed by atoms with E-state index < -0.39 is 21.7 Å². The lowest BCUT2D eigenvalue weighted by molar-refractivity contribution is 0.102. The number of anilines is 2. The van der Waals surface area contributed by atoms with Gasteiger partial charge in [0.2, 0.25) is 5.95 Å². The van der Waals surface area contributed by atoms with Crippen LogP contribution in [0.3, 0.4) is 0 Å². The summed E-state index contributed by atoms with van der Waals surface area (Å²) in [4.78, 5) is 19.7. The lowest BCUT2D eigenvalue weighted by Gasteiger charge is -2.08. The van der Waals surface area contributed by atoms with Crippen LogP contribution in [0.4, 0.5) is 16.0 Å². The van der Waals surface area contributed by atoms with Crippen molar-refractivity contribution in [1.29, 1.82) is 0 Å². The quantitative estimate of drug-likeness (QED) is 0.717. The summed E-state index contributed by atoms with van der Waals surface area (Å²) in [6.07, 6.45) is 2.83. The molecule has 132 valence electrons. The maximum Gasteiger partial charge on any atom is 0.264 e. The summed E-state index contributed by atoms with van der Waals surface area (Å²) < 4.78 is 39.7. The third-order valence-corrected chi connectivity index (χ3v) is 4.66. The van der Waals surface area contributed by atoms with Crippen LogP contribution in [0.25, 0.3) is 0 Å². The van der Waals surface area contributed by atoms with Crippen LogP contribution in [0.15, 0.2) is 71.9 Å². The predicted molar refractivity (Wildman–Crippen MR) is 93.6 cm³/mol. The second-order valence-corrected chi connectivity index (χ2v) is 6.85. The fourth-order valence-electron chi connectivity index (χ4n) is 2.05. The standard InChI is InChI=1S/C17H13FN4O3S/c18-13-4-2-12(3-5-13)16(23)21-14-6-8-15(9-7-14)26(24,25)22-17-19-10-1-11-20-17/h1-11H,(H,21,23)(H,19,20,22). The Balaban J connectivity index is 1.71. The summed E-state index contributed by atoms with van der Waals surface area (Å²) in [5.74, 6) is -0.913. The van der Waals surface area contributed by atoms with Crippen molar-refractivity contribution < 1.29 is 17.6 Å². The van der Waals surface area contributed by atoms with E-state index in [-0.39, 0.29) is 16.4 Å². The Morgan fingerprint density at radius 3 is 2.15 bits per heavy atom. The molecule has 26 heavy (non-hydrogen) atoms. The molecule has 3 aromatic rings. The Morgan fingerprint density at radius 1 is 0.923 bits per heavy atom. The topological polar surface area (TPSA) is 101 Å². The highest BCUT2D eigenvalue weighted by Crippen LogP contribution is 2.17. The number of nitrogens with zero attached hydrogens (tertiary/aromatic N) is 2. The fraction of sp³-hybridized carbons (Fsp3) is 0. The second kappa shape index (κ2) is 7.28. The number of carbonyl (C=O) groups excluding carboxylic acids is 1. The molecule has 2 N–H and O–H groups in total. The summed E-state index contributed by atoms with van der Waals surface area (Å²) in [5, 5.41) is 2.60. The van der Waals surface area contributed by atoms with Gasteiger partial charge in [0.05, 0.1) is 4.90 Å². The van der Waals surface area contributed by atoms with Gasteiger partial charge < -0.3 is 5.32 Å². The van der Waals surface area contributed by atoms with E-state index in [0.29, 0.717) is 5.69 Å². The van der Waals surface area contributed by atoms with Crippen molar-refractivity contribution in [1.82, 2.24) is 9.97 Å². The molecule has 0 saturated carbocycles. The molecular formula is C17H13FN4O3S. The van der Waals surface area contributed by atoms with Crippen LogP contribution in [0.1, 0.15) is 10.4 Å². The van der Waals surface area contributed by atoms with Crippen molar-refractivity contribution in [2.45, 2.75) is 4.90 Å². The Morgan fingerprint density at radius 2 is 1.54 bits per heavy atom. The average Bonchev–Trinajstić information content (AvgIpc) is 2.63. The third-order valence-electron chi connectivity index (χ3n) is 3.32. The van der Waals surface area contributed by atoms with Crippen LogP contribution in [0, 0.1) is 5.82 Å². The summed E-state index contributed by atoms with van der Waals surface area (Å²) >= 11 is 0. The first-order chi connectivity index (χ1) is 12.4. The predicted octanol–water partition coefficient (Wildman–Crippen LogP) is 2.67. The van der Waals surface area contributed by atoms with Crippen molar-refractivity contribution in [3.05, 3.63) is 78.4 Å². The highest BCUT2D eigenvalue weighted by atomic mass is 32.2. The molecule has 3 rings (SSSR count). The molecule has 0 fully saturated rings. The van der Waals surface area contributed by atoms with E-state index in [1.807, 2.05) is 0 Å². The van der Waals surface area contributed by atoms with Crippen molar-refractivity contribution in [3.63, 3.8) is 0 Å². The molecule has 9 heteroatoms. The first-order valence-corrected chi connectivity index (χ1v) is 8.89. The number of rotatable bonds is 5. The van der Waals surface area contributed by atoms with Crippen LogP contribution < -0.4 is 10.0 Å². The summed E-state index contributed by atoms with van der Waals surface area (Å²) in [6, 6.07) is 12.2. The normalized spacial score (nSPS) is 11.0. The van der Waals surface area contributed by atoms with E-state index in [2.05, 4.69) is 20.0 Å². The molecule has 1 aromatic heterocycles. The number of amides is 1. The zero-order valence-electron chi connectivity index (χ0n) is 13.3. The van der Waals surface area contributed by atoms with Crippen LogP contribution in [0.2, 0.25) is 0 Å². The van der Waals surface area contributed by atoms with Gasteiger partial charge in [0.1, 0.15) is 5.82 Å². The van der Waals surface area contributed by atoms with Gasteiger partial charge in [-0.25, -0.2) is 27.5 Å². The first kappa shape index (κ1) is 17.5. The number of aromatic nitrogens is 2. The van der Waals surface area contributed by atoms with E-state index in [1.165, 1.54) is 60.9 Å². The Kier molecular flexibility index (Phi) is 4.90. The summed E-state index contributed by atoms with van der Waals surface area (Å²) in [7, 11) is -3.84. The lowest BCUT2D eigenvalue weighted by Crippen LogP contribution is -2.15. The van der Waals surface area contributed by atoms with Gasteiger partial charge in [-0.15, -0.1) is 0 Å². The minimum Gasteiger partial charge on any atom is -0.322 e. The van der Waals surface area contributed by atoms with E-state index in [0.717, 1.165) is 0 Å². The van der Waals surface area contributed by atoms with Gasteiger partial charge in [-0.3, -0.25) is 4.79 Å². The van der Waals surface area contributed by atoms with Crippen molar-refractivity contribution >= 4 is 27.6 Å². The van der Waals surface area contributed by atoms with E-state index in [9.17, 15) is 17.6 Å². The van der Waals surface area contributed by atoms with Gasteiger partial charge in [0.25, 0.3) is 15.9 Å². The minimum absolute atomic E-state index is 0.00951. The first-order valence-electron chi connectivity index (χ1n) is 7.41. The van der Waals surface area contributed by atoms with E-state index in [4.69, 9.17) is 0 Å². The third kappa shape index (κ3) is 4.19. The molecule has 0 atom stereocenters. The monoisotopic (exact) mass is 372 g/mol. The van der Waals surface area contributed by atoms with E-state index >= 15 is 0 Å². The SMILES string of the molecule is O=C(Nc1ccc(S(=O)(=O)Nc2ncccn2)cc1)c1ccc(F)cc1. The van der Waals surface area contributed by atoms with Gasteiger partial charge in [-0.1, -0.05) is 0 Å². The summed E-state index contributed by atoms with van der Waals surface area (Å²) in [5.41, 5.74) is 0.681. The molecule has 0 aliphatic carbocycles. The minimum atomic E-state index is -3.84. The molecule has 0 radical (unpaired) electrons. The molecular weight excluding hydrogens is 359 g/mol. The number of halogens is 1. The molecule has 0 unspecified atom stereocenters. The fourth-order valence-corrected chi connectivity index (χ4v) is 3.01. The lowest BCUT2D eigenvalue weighted by atomic mass is 10.2. The maximum absolute atomic E-state index is 12.9. The number of carbonyl (C=O) groups is 1. The zero-order chi connectivity index (χ0) is 18.6. The second-order valence-electron chi connectivity index (χ2n) is 5.16. The van der Waals surface area contributed by atoms with Gasteiger partial charge in [0, 0.05) is 23.6 Å². The smallest absolute Gasteiger partial charge is 0.264 e. The van der Waals surface area contributed by atoms with E-state index in [1.54, 1.807) is 6.07 Å². The zero-order valence-corrected chi connectivity index (χ0v) is 14.1. The summed E-state index contributed by atoms with van der Waals surface area (Å²) in [6.45, 7) is 0. The van der Waals surface area contributed by atoms with Crippen molar-refractivity contribution in [2.24, 2.45) is 0 Å². The number of nitrogens with one attached hydrogen (secondary N) is 2. The Labute approximate surface area is 149 Å². The van der Waals surface area contributed by atoms with Crippen molar-refractivity contribution in [3.8, 4) is 0 Å². The van der Waals surface area contributed by atoms with Gasteiger partial charge in [0.15, 0.2) is 0 Å². The molecule has 2 aromatic carbocycles. The van der Waals surface area contributed by atoms with Crippen LogP contribution in [0.5, 0.6) is 0 Å². The van der Waals surface area contributed by atoms with Gasteiger partial charge in [-0.05, 0) is 54.6 Å². The van der Waals surface area contributed by atoms with Gasteiger partial charge >= 0.3 is 0 Å². The molecule has 0 aliphatic rings. The number of benzene rings is 2. The Bertz CT molecular complexity index is 1010. The number of hydrogen-bond donors (Lipinski definition) is 2.